The highest BCUT2D eigenvalue weighted by Crippen LogP contribution is 2.26. The number of carbonyl (C=O) groups excluding carboxylic acids is 1. The normalized spacial score (nSPS) is 17.8. The van der Waals surface area contributed by atoms with Gasteiger partial charge in [0.1, 0.15) is 5.75 Å². The first-order chi connectivity index (χ1) is 14.2. The van der Waals surface area contributed by atoms with Crippen LogP contribution in [0, 0.1) is 0 Å². The zero-order chi connectivity index (χ0) is 20.3. The average Bonchev–Trinajstić information content (AvgIpc) is 2.75. The monoisotopic (exact) mass is 394 g/mol. The van der Waals surface area contributed by atoms with Gasteiger partial charge in [0.15, 0.2) is 6.29 Å². The Morgan fingerprint density at radius 3 is 2.62 bits per heavy atom. The second kappa shape index (κ2) is 11.4. The van der Waals surface area contributed by atoms with Crippen molar-refractivity contribution in [3.8, 4) is 5.75 Å². The van der Waals surface area contributed by atoms with Crippen molar-refractivity contribution in [3.05, 3.63) is 77.9 Å². The Bertz CT molecular complexity index is 761. The molecule has 2 aromatic carbocycles. The molecular weight excluding hydrogens is 364 g/mol. The molecule has 154 valence electrons. The summed E-state index contributed by atoms with van der Waals surface area (Å²) in [4.78, 5) is 12.1. The molecule has 0 spiro atoms. The van der Waals surface area contributed by atoms with Crippen molar-refractivity contribution in [1.82, 2.24) is 0 Å². The van der Waals surface area contributed by atoms with E-state index in [2.05, 4.69) is 24.3 Å². The SMILES string of the molecule is CCOC(=O)C[C@@H](/C=C/Cc1ccccc1)c1ccc(OC2CCCCO2)cc1. The summed E-state index contributed by atoms with van der Waals surface area (Å²) in [5.74, 6) is 0.583. The summed E-state index contributed by atoms with van der Waals surface area (Å²) < 4.78 is 16.7. The minimum atomic E-state index is -0.183. The number of ether oxygens (including phenoxy) is 3. The van der Waals surface area contributed by atoms with Gasteiger partial charge in [0.05, 0.1) is 19.6 Å². The number of benzene rings is 2. The summed E-state index contributed by atoms with van der Waals surface area (Å²) in [6, 6.07) is 18.2. The predicted molar refractivity (Wildman–Crippen MR) is 114 cm³/mol. The van der Waals surface area contributed by atoms with Crippen molar-refractivity contribution < 1.29 is 19.0 Å². The van der Waals surface area contributed by atoms with Gasteiger partial charge >= 0.3 is 5.97 Å². The fraction of sp³-hybridized carbons (Fsp3) is 0.400. The van der Waals surface area contributed by atoms with Crippen LogP contribution >= 0.6 is 0 Å². The van der Waals surface area contributed by atoms with Gasteiger partial charge in [-0.05, 0) is 49.4 Å². The lowest BCUT2D eigenvalue weighted by molar-refractivity contribution is -0.143. The highest BCUT2D eigenvalue weighted by atomic mass is 16.7. The molecule has 0 N–H and O–H groups in total. The number of rotatable bonds is 9. The van der Waals surface area contributed by atoms with Gasteiger partial charge in [-0.2, -0.15) is 0 Å². The molecule has 1 aliphatic rings. The molecule has 1 heterocycles. The van der Waals surface area contributed by atoms with Crippen LogP contribution < -0.4 is 4.74 Å². The molecule has 0 aromatic heterocycles. The van der Waals surface area contributed by atoms with E-state index in [0.29, 0.717) is 13.0 Å². The van der Waals surface area contributed by atoms with E-state index in [0.717, 1.165) is 43.6 Å². The predicted octanol–water partition coefficient (Wildman–Crippen LogP) is 5.43. The minimum Gasteiger partial charge on any atom is -0.466 e. The number of esters is 1. The fourth-order valence-corrected chi connectivity index (χ4v) is 3.43. The molecule has 2 atom stereocenters. The summed E-state index contributed by atoms with van der Waals surface area (Å²) >= 11 is 0. The lowest BCUT2D eigenvalue weighted by atomic mass is 9.94. The Morgan fingerprint density at radius 2 is 1.93 bits per heavy atom. The summed E-state index contributed by atoms with van der Waals surface area (Å²) in [6.45, 7) is 2.99. The topological polar surface area (TPSA) is 44.8 Å². The Hall–Kier alpha value is -2.59. The van der Waals surface area contributed by atoms with E-state index >= 15 is 0 Å². The van der Waals surface area contributed by atoms with Crippen LogP contribution in [0.15, 0.2) is 66.7 Å². The maximum absolute atomic E-state index is 12.1. The molecule has 1 aliphatic heterocycles. The van der Waals surface area contributed by atoms with E-state index in [1.54, 1.807) is 0 Å². The standard InChI is InChI=1S/C25H30O4/c1-2-27-24(26)19-22(12-8-11-20-9-4-3-5-10-20)21-14-16-23(17-15-21)29-25-13-6-7-18-28-25/h3-5,8-10,12,14-17,22,25H,2,6-7,11,13,18-19H2,1H3/b12-8+/t22-,25?/m1/s1. The van der Waals surface area contributed by atoms with Gasteiger partial charge in [-0.25, -0.2) is 0 Å². The highest BCUT2D eigenvalue weighted by Gasteiger charge is 2.17. The first kappa shape index (κ1) is 21.1. The number of hydrogen-bond acceptors (Lipinski definition) is 4. The van der Waals surface area contributed by atoms with Crippen LogP contribution in [0.1, 0.15) is 49.7 Å². The molecule has 29 heavy (non-hydrogen) atoms. The molecule has 2 aromatic rings. The van der Waals surface area contributed by atoms with Crippen molar-refractivity contribution in [2.75, 3.05) is 13.2 Å². The van der Waals surface area contributed by atoms with Crippen LogP contribution in [0.2, 0.25) is 0 Å². The summed E-state index contributed by atoms with van der Waals surface area (Å²) in [5.41, 5.74) is 2.31. The van der Waals surface area contributed by atoms with E-state index in [4.69, 9.17) is 14.2 Å². The van der Waals surface area contributed by atoms with Gasteiger partial charge in [0, 0.05) is 12.3 Å². The fourth-order valence-electron chi connectivity index (χ4n) is 3.43. The second-order valence-corrected chi connectivity index (χ2v) is 7.22. The number of hydrogen-bond donors (Lipinski definition) is 0. The lowest BCUT2D eigenvalue weighted by Crippen LogP contribution is -2.24. The van der Waals surface area contributed by atoms with E-state index in [1.165, 1.54) is 5.56 Å². The van der Waals surface area contributed by atoms with Crippen molar-refractivity contribution in [1.29, 1.82) is 0 Å². The van der Waals surface area contributed by atoms with Crippen LogP contribution in [-0.4, -0.2) is 25.5 Å². The van der Waals surface area contributed by atoms with Gasteiger partial charge in [-0.1, -0.05) is 54.6 Å². The van der Waals surface area contributed by atoms with Crippen LogP contribution in [0.3, 0.4) is 0 Å². The smallest absolute Gasteiger partial charge is 0.306 e. The second-order valence-electron chi connectivity index (χ2n) is 7.22. The zero-order valence-electron chi connectivity index (χ0n) is 17.1. The number of carbonyl (C=O) groups is 1. The molecule has 0 aliphatic carbocycles. The summed E-state index contributed by atoms with van der Waals surface area (Å²) in [7, 11) is 0. The maximum Gasteiger partial charge on any atom is 0.306 e. The molecule has 1 fully saturated rings. The molecule has 1 unspecified atom stereocenters. The van der Waals surface area contributed by atoms with Crippen molar-refractivity contribution in [2.45, 2.75) is 51.2 Å². The quantitative estimate of drug-likeness (QED) is 0.420. The molecule has 1 saturated heterocycles. The molecule has 0 radical (unpaired) electrons. The minimum absolute atomic E-state index is 0.0299. The van der Waals surface area contributed by atoms with Crippen molar-refractivity contribution in [2.24, 2.45) is 0 Å². The molecule has 0 amide bonds. The van der Waals surface area contributed by atoms with Gasteiger partial charge in [0.25, 0.3) is 0 Å². The highest BCUT2D eigenvalue weighted by molar-refractivity contribution is 5.71. The third-order valence-corrected chi connectivity index (χ3v) is 4.97. The molecule has 3 rings (SSSR count). The van der Waals surface area contributed by atoms with Crippen LogP contribution in [0.5, 0.6) is 5.75 Å². The summed E-state index contributed by atoms with van der Waals surface area (Å²) in [6.07, 6.45) is 8.39. The van der Waals surface area contributed by atoms with Crippen molar-refractivity contribution in [3.63, 3.8) is 0 Å². The third-order valence-electron chi connectivity index (χ3n) is 4.97. The average molecular weight is 395 g/mol. The Labute approximate surface area is 173 Å². The largest absolute Gasteiger partial charge is 0.466 e. The van der Waals surface area contributed by atoms with E-state index < -0.39 is 0 Å². The molecular formula is C25H30O4. The maximum atomic E-state index is 12.1. The van der Waals surface area contributed by atoms with E-state index in [-0.39, 0.29) is 18.2 Å². The van der Waals surface area contributed by atoms with Gasteiger partial charge in [0.2, 0.25) is 0 Å². The lowest BCUT2D eigenvalue weighted by Gasteiger charge is -2.23. The van der Waals surface area contributed by atoms with Gasteiger partial charge in [-0.15, -0.1) is 0 Å². The van der Waals surface area contributed by atoms with Gasteiger partial charge in [-0.3, -0.25) is 4.79 Å². The molecule has 4 nitrogen and oxygen atoms in total. The van der Waals surface area contributed by atoms with Crippen LogP contribution in [0.25, 0.3) is 0 Å². The van der Waals surface area contributed by atoms with Crippen LogP contribution in [0.4, 0.5) is 0 Å². The van der Waals surface area contributed by atoms with Crippen molar-refractivity contribution >= 4 is 5.97 Å². The molecule has 0 saturated carbocycles. The van der Waals surface area contributed by atoms with Crippen LogP contribution in [-0.2, 0) is 20.7 Å². The Kier molecular flexibility index (Phi) is 8.32. The van der Waals surface area contributed by atoms with E-state index in [1.807, 2.05) is 49.4 Å². The van der Waals surface area contributed by atoms with Gasteiger partial charge < -0.3 is 14.2 Å². The Morgan fingerprint density at radius 1 is 1.14 bits per heavy atom. The molecule has 0 bridgehead atoms. The molecule has 4 heteroatoms. The van der Waals surface area contributed by atoms with E-state index in [9.17, 15) is 4.79 Å². The summed E-state index contributed by atoms with van der Waals surface area (Å²) in [5, 5.41) is 0. The zero-order valence-corrected chi connectivity index (χ0v) is 17.1. The first-order valence-corrected chi connectivity index (χ1v) is 10.5. The number of allylic oxidation sites excluding steroid dienone is 2. The third kappa shape index (κ3) is 7.06. The Balaban J connectivity index is 1.66. The first-order valence-electron chi connectivity index (χ1n) is 10.5.